The summed E-state index contributed by atoms with van der Waals surface area (Å²) < 4.78 is 30.6. The van der Waals surface area contributed by atoms with E-state index < -0.39 is 11.9 Å². The van der Waals surface area contributed by atoms with Crippen molar-refractivity contribution in [3.05, 3.63) is 88.0 Å². The third kappa shape index (κ3) is 4.67. The number of halogens is 1. The minimum Gasteiger partial charge on any atom is -0.496 e. The molecule has 2 aliphatic heterocycles. The minimum absolute atomic E-state index is 0.0501. The van der Waals surface area contributed by atoms with Crippen LogP contribution in [0.1, 0.15) is 55.6 Å². The van der Waals surface area contributed by atoms with Crippen LogP contribution < -0.4 is 10.1 Å². The number of esters is 1. The van der Waals surface area contributed by atoms with Crippen molar-refractivity contribution in [2.75, 3.05) is 20.3 Å². The van der Waals surface area contributed by atoms with Crippen LogP contribution in [0.15, 0.2) is 71.1 Å². The molecule has 5 rings (SSSR count). The fourth-order valence-corrected chi connectivity index (χ4v) is 5.54. The van der Waals surface area contributed by atoms with E-state index in [2.05, 4.69) is 5.32 Å². The van der Waals surface area contributed by atoms with E-state index in [4.69, 9.17) is 14.2 Å². The smallest absolute Gasteiger partial charge is 0.336 e. The van der Waals surface area contributed by atoms with Crippen molar-refractivity contribution >= 4 is 11.8 Å². The van der Waals surface area contributed by atoms with Gasteiger partial charge in [0.25, 0.3) is 0 Å². The molecule has 3 atom stereocenters. The Morgan fingerprint density at radius 1 is 1.14 bits per heavy atom. The summed E-state index contributed by atoms with van der Waals surface area (Å²) in [5.41, 5.74) is 3.99. The molecule has 2 aromatic carbocycles. The molecule has 36 heavy (non-hydrogen) atoms. The maximum Gasteiger partial charge on any atom is 0.336 e. The van der Waals surface area contributed by atoms with Crippen LogP contribution in [0.3, 0.4) is 0 Å². The van der Waals surface area contributed by atoms with E-state index in [0.717, 1.165) is 29.9 Å². The summed E-state index contributed by atoms with van der Waals surface area (Å²) in [6.45, 7) is 2.66. The lowest BCUT2D eigenvalue weighted by molar-refractivity contribution is -0.142. The summed E-state index contributed by atoms with van der Waals surface area (Å²) in [5.74, 6) is -0.867. The zero-order chi connectivity index (χ0) is 25.2. The van der Waals surface area contributed by atoms with Gasteiger partial charge in [-0.15, -0.1) is 0 Å². The zero-order valence-corrected chi connectivity index (χ0v) is 20.5. The number of allylic oxidation sites excluding steroid dienone is 3. The third-order valence-corrected chi connectivity index (χ3v) is 7.25. The first-order chi connectivity index (χ1) is 17.5. The maximum absolute atomic E-state index is 13.8. The summed E-state index contributed by atoms with van der Waals surface area (Å²) in [5, 5.41) is 3.35. The van der Waals surface area contributed by atoms with E-state index in [1.54, 1.807) is 19.2 Å². The predicted octanol–water partition coefficient (Wildman–Crippen LogP) is 4.92. The lowest BCUT2D eigenvalue weighted by Crippen LogP contribution is -2.36. The van der Waals surface area contributed by atoms with E-state index in [9.17, 15) is 14.0 Å². The summed E-state index contributed by atoms with van der Waals surface area (Å²) in [6, 6.07) is 13.7. The Morgan fingerprint density at radius 2 is 1.92 bits per heavy atom. The number of hydrogen-bond donors (Lipinski definition) is 1. The van der Waals surface area contributed by atoms with E-state index in [1.165, 1.54) is 12.1 Å². The SMILES string of the molecule is COc1ccccc1[C@@H]1CC(=O)C2=C(C1)NC(C)=C(C(=O)OC[C@@H]1CCCO1)[C@@H]2c1ccc(F)cc1. The predicted molar refractivity (Wildman–Crippen MR) is 132 cm³/mol. The van der Waals surface area contributed by atoms with Crippen LogP contribution in [0.2, 0.25) is 0 Å². The van der Waals surface area contributed by atoms with Gasteiger partial charge in [0.2, 0.25) is 0 Å². The summed E-state index contributed by atoms with van der Waals surface area (Å²) in [6.07, 6.45) is 2.57. The van der Waals surface area contributed by atoms with Gasteiger partial charge in [-0.05, 0) is 55.5 Å². The van der Waals surface area contributed by atoms with Gasteiger partial charge in [0.15, 0.2) is 5.78 Å². The van der Waals surface area contributed by atoms with Crippen molar-refractivity contribution in [2.45, 2.75) is 50.5 Å². The highest BCUT2D eigenvalue weighted by atomic mass is 19.1. The largest absolute Gasteiger partial charge is 0.496 e. The van der Waals surface area contributed by atoms with Crippen LogP contribution in [0, 0.1) is 5.82 Å². The Balaban J connectivity index is 1.50. The van der Waals surface area contributed by atoms with Gasteiger partial charge in [0.1, 0.15) is 18.2 Å². The number of methoxy groups -OCH3 is 1. The Labute approximate surface area is 210 Å². The van der Waals surface area contributed by atoms with Crippen LogP contribution in [0.5, 0.6) is 5.75 Å². The second-order valence-corrected chi connectivity index (χ2v) is 9.54. The molecule has 2 aromatic rings. The quantitative estimate of drug-likeness (QED) is 0.579. The van der Waals surface area contributed by atoms with Crippen LogP contribution in [-0.2, 0) is 19.1 Å². The number of carbonyl (C=O) groups is 2. The lowest BCUT2D eigenvalue weighted by Gasteiger charge is -2.37. The number of ether oxygens (including phenoxy) is 3. The van der Waals surface area contributed by atoms with Crippen molar-refractivity contribution < 1.29 is 28.2 Å². The third-order valence-electron chi connectivity index (χ3n) is 7.25. The molecule has 3 aliphatic rings. The van der Waals surface area contributed by atoms with Gasteiger partial charge < -0.3 is 19.5 Å². The van der Waals surface area contributed by atoms with E-state index in [1.807, 2.05) is 31.2 Å². The molecule has 0 aromatic heterocycles. The molecule has 0 spiro atoms. The topological polar surface area (TPSA) is 73.9 Å². The molecule has 1 fully saturated rings. The number of benzene rings is 2. The highest BCUT2D eigenvalue weighted by molar-refractivity contribution is 6.04. The first-order valence-electron chi connectivity index (χ1n) is 12.4. The monoisotopic (exact) mass is 491 g/mol. The van der Waals surface area contributed by atoms with Crippen molar-refractivity contribution in [1.29, 1.82) is 0 Å². The molecule has 0 amide bonds. The minimum atomic E-state index is -0.634. The molecule has 188 valence electrons. The van der Waals surface area contributed by atoms with Crippen LogP contribution in [0.25, 0.3) is 0 Å². The summed E-state index contributed by atoms with van der Waals surface area (Å²) in [4.78, 5) is 27.1. The molecule has 0 saturated carbocycles. The number of rotatable bonds is 6. The molecule has 1 N–H and O–H groups in total. The summed E-state index contributed by atoms with van der Waals surface area (Å²) >= 11 is 0. The van der Waals surface area contributed by atoms with Gasteiger partial charge in [-0.1, -0.05) is 30.3 Å². The van der Waals surface area contributed by atoms with Crippen LogP contribution >= 0.6 is 0 Å². The lowest BCUT2D eigenvalue weighted by atomic mass is 9.71. The molecule has 1 aliphatic carbocycles. The van der Waals surface area contributed by atoms with E-state index in [0.29, 0.717) is 35.4 Å². The van der Waals surface area contributed by atoms with Crippen molar-refractivity contribution in [1.82, 2.24) is 5.32 Å². The van der Waals surface area contributed by atoms with Crippen LogP contribution in [0.4, 0.5) is 4.39 Å². The van der Waals surface area contributed by atoms with Gasteiger partial charge in [-0.3, -0.25) is 4.79 Å². The van der Waals surface area contributed by atoms with Gasteiger partial charge in [0.05, 0.1) is 18.8 Å². The molecule has 0 bridgehead atoms. The van der Waals surface area contributed by atoms with Crippen LogP contribution in [-0.4, -0.2) is 38.2 Å². The summed E-state index contributed by atoms with van der Waals surface area (Å²) in [7, 11) is 1.62. The van der Waals surface area contributed by atoms with Gasteiger partial charge in [-0.25, -0.2) is 9.18 Å². The van der Waals surface area contributed by atoms with Gasteiger partial charge >= 0.3 is 5.97 Å². The van der Waals surface area contributed by atoms with Crippen molar-refractivity contribution in [2.24, 2.45) is 0 Å². The number of Topliss-reactive ketones (excluding diaryl/α,β-unsaturated/α-hetero) is 1. The van der Waals surface area contributed by atoms with E-state index >= 15 is 0 Å². The molecular weight excluding hydrogens is 461 g/mol. The normalized spacial score (nSPS) is 23.9. The second-order valence-electron chi connectivity index (χ2n) is 9.54. The standard InChI is InChI=1S/C29H30FNO5/c1-17-26(29(33)36-16-21-6-5-13-35-21)27(18-9-11-20(30)12-10-18)28-23(31-17)14-19(15-24(28)32)22-7-3-4-8-25(22)34-2/h3-4,7-12,19,21,27,31H,5-6,13-16H2,1-2H3/t19-,21-,27-/m0/s1. The Kier molecular flexibility index (Phi) is 6.92. The van der Waals surface area contributed by atoms with Gasteiger partial charge in [-0.2, -0.15) is 0 Å². The zero-order valence-electron chi connectivity index (χ0n) is 20.5. The second kappa shape index (κ2) is 10.3. The van der Waals surface area contributed by atoms with E-state index in [-0.39, 0.29) is 36.7 Å². The van der Waals surface area contributed by atoms with Crippen molar-refractivity contribution in [3.8, 4) is 5.75 Å². The highest BCUT2D eigenvalue weighted by Gasteiger charge is 2.42. The molecule has 6 nitrogen and oxygen atoms in total. The Morgan fingerprint density at radius 3 is 2.64 bits per heavy atom. The van der Waals surface area contributed by atoms with Crippen molar-refractivity contribution in [3.63, 3.8) is 0 Å². The van der Waals surface area contributed by atoms with Gasteiger partial charge in [0, 0.05) is 41.8 Å². The average Bonchev–Trinajstić information content (AvgIpc) is 3.40. The molecule has 7 heteroatoms. The fourth-order valence-electron chi connectivity index (χ4n) is 5.54. The average molecular weight is 492 g/mol. The first-order valence-corrected chi connectivity index (χ1v) is 12.4. The number of para-hydroxylation sites is 1. The molecule has 1 saturated heterocycles. The fraction of sp³-hybridized carbons (Fsp3) is 0.379. The molecular formula is C29H30FNO5. The number of ketones is 1. The Bertz CT molecular complexity index is 1230. The number of hydrogen-bond acceptors (Lipinski definition) is 6. The maximum atomic E-state index is 13.8. The number of carbonyl (C=O) groups excluding carboxylic acids is 2. The molecule has 0 radical (unpaired) electrons. The highest BCUT2D eigenvalue weighted by Crippen LogP contribution is 2.46. The molecule has 0 unspecified atom stereocenters. The number of dihydropyridines is 1. The number of nitrogens with one attached hydrogen (secondary N) is 1. The molecule has 2 heterocycles. The Hall–Kier alpha value is -3.45. The first kappa shape index (κ1) is 24.3.